The first-order valence-corrected chi connectivity index (χ1v) is 18.6. The molecule has 1 unspecified atom stereocenters. The van der Waals surface area contributed by atoms with Crippen LogP contribution in [0.4, 0.5) is 0 Å². The summed E-state index contributed by atoms with van der Waals surface area (Å²) in [6, 6.07) is 0. The molecule has 0 N–H and O–H groups in total. The lowest BCUT2D eigenvalue weighted by molar-refractivity contribution is -0.143. The zero-order valence-corrected chi connectivity index (χ0v) is 27.6. The van der Waals surface area contributed by atoms with Crippen LogP contribution in [-0.2, 0) is 22.8 Å². The first-order valence-electron chi connectivity index (χ1n) is 16.8. The molecule has 6 heteroatoms. The van der Waals surface area contributed by atoms with E-state index >= 15 is 0 Å². The Bertz CT molecular complexity index is 516. The summed E-state index contributed by atoms with van der Waals surface area (Å²) in [5.74, 6) is -0.421. The molecule has 0 spiro atoms. The van der Waals surface area contributed by atoms with E-state index in [0.29, 0.717) is 26.2 Å². The molecule has 0 saturated heterocycles. The maximum Gasteiger partial charge on any atom is 0.544 e. The third-order valence-electron chi connectivity index (χ3n) is 7.29. The van der Waals surface area contributed by atoms with Gasteiger partial charge in [-0.3, -0.25) is 0 Å². The molecule has 0 radical (unpaired) electrons. The summed E-state index contributed by atoms with van der Waals surface area (Å²) in [6.45, 7) is 14.1. The van der Waals surface area contributed by atoms with Gasteiger partial charge in [-0.15, -0.1) is 0 Å². The van der Waals surface area contributed by atoms with E-state index in [2.05, 4.69) is 34.3 Å². The fraction of sp³-hybridized carbons (Fsp3) is 0.909. The highest BCUT2D eigenvalue weighted by Crippen LogP contribution is 2.25. The summed E-state index contributed by atoms with van der Waals surface area (Å²) >= 11 is 0. The van der Waals surface area contributed by atoms with E-state index in [-0.39, 0.29) is 0 Å². The number of carbonyl (C=O) groups is 1. The van der Waals surface area contributed by atoms with E-state index in [1.54, 1.807) is 0 Å². The molecule has 0 aliphatic rings. The van der Waals surface area contributed by atoms with Crippen molar-refractivity contribution in [2.24, 2.45) is 0 Å². The van der Waals surface area contributed by atoms with Crippen LogP contribution in [0.2, 0.25) is 0 Å². The molecule has 0 amide bonds. The van der Waals surface area contributed by atoms with E-state index in [0.717, 1.165) is 51.4 Å². The van der Waals surface area contributed by atoms with Crippen molar-refractivity contribution in [3.05, 3.63) is 12.7 Å². The second kappa shape index (κ2) is 28.8. The Morgan fingerprint density at radius 2 is 0.897 bits per heavy atom. The summed E-state index contributed by atoms with van der Waals surface area (Å²) in [5, 5.41) is 0. The van der Waals surface area contributed by atoms with Gasteiger partial charge in [0.2, 0.25) is 0 Å². The van der Waals surface area contributed by atoms with E-state index in [9.17, 15) is 4.79 Å². The average molecular weight is 571 g/mol. The lowest BCUT2D eigenvalue weighted by Gasteiger charge is -2.35. The smallest absolute Gasteiger partial charge is 0.455 e. The number of ether oxygens (including phenoxy) is 1. The molecule has 0 bridgehead atoms. The lowest BCUT2D eigenvalue weighted by atomic mass is 10.0. The number of rotatable bonds is 31. The third kappa shape index (κ3) is 21.7. The number of unbranched alkanes of at least 4 members (excludes halogenated alkanes) is 17. The number of esters is 1. The zero-order chi connectivity index (χ0) is 28.9. The Labute approximate surface area is 244 Å². The van der Waals surface area contributed by atoms with Gasteiger partial charge in [0.05, 0.1) is 0 Å². The van der Waals surface area contributed by atoms with Gasteiger partial charge in [-0.2, -0.15) is 0 Å². The van der Waals surface area contributed by atoms with Crippen LogP contribution in [-0.4, -0.2) is 40.3 Å². The van der Waals surface area contributed by atoms with Crippen LogP contribution in [0.5, 0.6) is 0 Å². The second-order valence-corrected chi connectivity index (χ2v) is 13.8. The molecular formula is C33H66O5Si. The highest BCUT2D eigenvalue weighted by Gasteiger charge is 2.52. The van der Waals surface area contributed by atoms with Gasteiger partial charge in [0.15, 0.2) is 5.73 Å². The molecule has 0 rings (SSSR count). The van der Waals surface area contributed by atoms with Crippen molar-refractivity contribution in [1.82, 2.24) is 0 Å². The molecule has 1 atom stereocenters. The summed E-state index contributed by atoms with van der Waals surface area (Å²) in [4.78, 5) is 12.3. The van der Waals surface area contributed by atoms with Crippen LogP contribution < -0.4 is 0 Å². The van der Waals surface area contributed by atoms with Gasteiger partial charge >= 0.3 is 14.8 Å². The van der Waals surface area contributed by atoms with E-state index < -0.39 is 20.5 Å². The van der Waals surface area contributed by atoms with Crippen molar-refractivity contribution in [2.75, 3.05) is 19.8 Å². The van der Waals surface area contributed by atoms with Crippen molar-refractivity contribution >= 4 is 14.8 Å². The minimum Gasteiger partial charge on any atom is -0.455 e. The van der Waals surface area contributed by atoms with Crippen LogP contribution >= 0.6 is 0 Å². The van der Waals surface area contributed by atoms with Crippen molar-refractivity contribution in [3.8, 4) is 0 Å². The predicted molar refractivity (Wildman–Crippen MR) is 168 cm³/mol. The topological polar surface area (TPSA) is 54.0 Å². The number of carbonyl (C=O) groups excluding carboxylic acids is 1. The Morgan fingerprint density at radius 3 is 1.23 bits per heavy atom. The highest BCUT2D eigenvalue weighted by molar-refractivity contribution is 6.62. The lowest BCUT2D eigenvalue weighted by Crippen LogP contribution is -2.58. The fourth-order valence-corrected chi connectivity index (χ4v) is 7.59. The van der Waals surface area contributed by atoms with Crippen LogP contribution in [0.3, 0.4) is 0 Å². The van der Waals surface area contributed by atoms with E-state index in [1.165, 1.54) is 89.5 Å². The van der Waals surface area contributed by atoms with E-state index in [4.69, 9.17) is 18.0 Å². The van der Waals surface area contributed by atoms with Gasteiger partial charge in [-0.1, -0.05) is 143 Å². The van der Waals surface area contributed by atoms with Crippen LogP contribution in [0.15, 0.2) is 12.7 Å². The number of hydrogen-bond donors (Lipinski definition) is 0. The van der Waals surface area contributed by atoms with Crippen molar-refractivity contribution in [1.29, 1.82) is 0 Å². The standard InChI is InChI=1S/C33H66O5Si/c1-6-11-15-16-17-18-19-20-21-22-23-24-25-26-27-28-33(38-32(34)10-5)39(35-29-12-7-2,36-30-13-8-3)37-31-14-9-4/h10,33H,5-9,11-31H2,1-4H3. The molecule has 0 heterocycles. The van der Waals surface area contributed by atoms with E-state index in [1.807, 2.05) is 0 Å². The Hall–Kier alpha value is -0.693. The molecule has 0 aliphatic heterocycles. The molecule has 0 aliphatic carbocycles. The average Bonchev–Trinajstić information content (AvgIpc) is 2.94. The molecule has 0 aromatic heterocycles. The maximum atomic E-state index is 12.3. The molecule has 232 valence electrons. The molecule has 5 nitrogen and oxygen atoms in total. The Morgan fingerprint density at radius 1 is 0.564 bits per heavy atom. The molecule has 0 aromatic carbocycles. The second-order valence-electron chi connectivity index (χ2n) is 11.1. The maximum absolute atomic E-state index is 12.3. The van der Waals surface area contributed by atoms with Gasteiger partial charge in [0.1, 0.15) is 0 Å². The van der Waals surface area contributed by atoms with Crippen molar-refractivity contribution in [2.45, 2.75) is 175 Å². The molecule has 39 heavy (non-hydrogen) atoms. The highest BCUT2D eigenvalue weighted by atomic mass is 28.4. The largest absolute Gasteiger partial charge is 0.544 e. The summed E-state index contributed by atoms with van der Waals surface area (Å²) in [7, 11) is -3.21. The van der Waals surface area contributed by atoms with Crippen LogP contribution in [0.25, 0.3) is 0 Å². The normalized spacial score (nSPS) is 12.5. The van der Waals surface area contributed by atoms with Crippen molar-refractivity contribution in [3.63, 3.8) is 0 Å². The molecule has 0 fully saturated rings. The summed E-state index contributed by atoms with van der Waals surface area (Å²) < 4.78 is 25.2. The summed E-state index contributed by atoms with van der Waals surface area (Å²) in [6.07, 6.45) is 27.7. The molecular weight excluding hydrogens is 504 g/mol. The van der Waals surface area contributed by atoms with Crippen molar-refractivity contribution < 1.29 is 22.8 Å². The fourth-order valence-electron chi connectivity index (χ4n) is 4.68. The van der Waals surface area contributed by atoms with Gasteiger partial charge in [0.25, 0.3) is 0 Å². The minimum atomic E-state index is -3.21. The minimum absolute atomic E-state index is 0.421. The molecule has 0 aromatic rings. The molecule has 0 saturated carbocycles. The Kier molecular flexibility index (Phi) is 28.3. The first kappa shape index (κ1) is 38.3. The third-order valence-corrected chi connectivity index (χ3v) is 10.3. The van der Waals surface area contributed by atoms with Gasteiger partial charge in [-0.05, 0) is 32.1 Å². The first-order chi connectivity index (χ1) is 19.1. The van der Waals surface area contributed by atoms with Gasteiger partial charge in [-0.25, -0.2) is 4.79 Å². The number of hydrogen-bond acceptors (Lipinski definition) is 5. The predicted octanol–water partition coefficient (Wildman–Crippen LogP) is 10.3. The van der Waals surface area contributed by atoms with Crippen LogP contribution in [0, 0.1) is 0 Å². The monoisotopic (exact) mass is 570 g/mol. The SMILES string of the molecule is C=CC(=O)OC(CCCCCCCCCCCCCCCCC)[Si](OCCCC)(OCCCC)OCCCC. The zero-order valence-electron chi connectivity index (χ0n) is 26.6. The quantitative estimate of drug-likeness (QED) is 0.0359. The Balaban J connectivity index is 4.68. The summed E-state index contributed by atoms with van der Waals surface area (Å²) in [5.41, 5.74) is -0.476. The van der Waals surface area contributed by atoms with Crippen LogP contribution in [0.1, 0.15) is 169 Å². The van der Waals surface area contributed by atoms with Gasteiger partial charge < -0.3 is 18.0 Å². The van der Waals surface area contributed by atoms with Gasteiger partial charge in [0, 0.05) is 25.9 Å².